The highest BCUT2D eigenvalue weighted by Crippen LogP contribution is 2.38. The molecule has 9 heteroatoms. The van der Waals surface area contributed by atoms with Crippen LogP contribution in [0.5, 0.6) is 17.2 Å². The molecule has 3 rings (SSSR count). The van der Waals surface area contributed by atoms with Gasteiger partial charge < -0.3 is 14.2 Å². The number of thiophene rings is 1. The van der Waals surface area contributed by atoms with Crippen LogP contribution in [0.2, 0.25) is 0 Å². The normalized spacial score (nSPS) is 10.8. The quantitative estimate of drug-likeness (QED) is 0.476. The van der Waals surface area contributed by atoms with Gasteiger partial charge >= 0.3 is 0 Å². The molecular weight excluding hydrogens is 368 g/mol. The molecule has 2 heterocycles. The SMILES string of the molecule is COc1cc(/C=C/C(=O)NNc2ncnc3sccc23)cc(OC)c1OC. The van der Waals surface area contributed by atoms with E-state index in [1.807, 2.05) is 11.4 Å². The first-order chi connectivity index (χ1) is 13.2. The number of aromatic nitrogens is 2. The third-order valence-electron chi connectivity index (χ3n) is 3.68. The lowest BCUT2D eigenvalue weighted by atomic mass is 10.1. The third kappa shape index (κ3) is 4.09. The monoisotopic (exact) mass is 386 g/mol. The number of ether oxygens (including phenoxy) is 3. The first kappa shape index (κ1) is 18.5. The standard InChI is InChI=1S/C18H18N4O4S/c1-24-13-8-11(9-14(25-2)16(13)26-3)4-5-15(23)21-22-17-12-6-7-27-18(12)20-10-19-17/h4-10H,1-3H3,(H,21,23)(H,19,20,22)/b5-4+. The number of amides is 1. The van der Waals surface area contributed by atoms with Crippen LogP contribution in [-0.2, 0) is 4.79 Å². The van der Waals surface area contributed by atoms with Crippen LogP contribution < -0.4 is 25.1 Å². The van der Waals surface area contributed by atoms with E-state index < -0.39 is 0 Å². The lowest BCUT2D eigenvalue weighted by Gasteiger charge is -2.12. The molecule has 0 aliphatic rings. The van der Waals surface area contributed by atoms with Gasteiger partial charge in [-0.1, -0.05) is 0 Å². The number of rotatable bonds is 7. The topological polar surface area (TPSA) is 94.6 Å². The van der Waals surface area contributed by atoms with Crippen molar-refractivity contribution >= 4 is 39.4 Å². The summed E-state index contributed by atoms with van der Waals surface area (Å²) in [4.78, 5) is 21.2. The van der Waals surface area contributed by atoms with Gasteiger partial charge in [-0.15, -0.1) is 11.3 Å². The van der Waals surface area contributed by atoms with Gasteiger partial charge in [-0.05, 0) is 35.2 Å². The minimum atomic E-state index is -0.342. The Kier molecular flexibility index (Phi) is 5.72. The number of hydrazine groups is 1. The van der Waals surface area contributed by atoms with E-state index in [9.17, 15) is 4.79 Å². The number of anilines is 1. The Balaban J connectivity index is 1.70. The number of hydrogen-bond donors (Lipinski definition) is 2. The molecule has 0 saturated heterocycles. The molecular formula is C18H18N4O4S. The van der Waals surface area contributed by atoms with Gasteiger partial charge in [0.05, 0.1) is 26.7 Å². The van der Waals surface area contributed by atoms with Gasteiger partial charge in [-0.3, -0.25) is 15.6 Å². The lowest BCUT2D eigenvalue weighted by Crippen LogP contribution is -2.28. The number of fused-ring (bicyclic) bond motifs is 1. The summed E-state index contributed by atoms with van der Waals surface area (Å²) in [5, 5.41) is 2.76. The van der Waals surface area contributed by atoms with Gasteiger partial charge in [-0.25, -0.2) is 9.97 Å². The van der Waals surface area contributed by atoms with E-state index in [1.165, 1.54) is 45.1 Å². The number of carbonyl (C=O) groups excluding carboxylic acids is 1. The van der Waals surface area contributed by atoms with Crippen LogP contribution in [0.15, 0.2) is 36.0 Å². The highest BCUT2D eigenvalue weighted by atomic mass is 32.1. The first-order valence-corrected chi connectivity index (χ1v) is 8.76. The van der Waals surface area contributed by atoms with Gasteiger partial charge in [0.2, 0.25) is 5.75 Å². The second-order valence-corrected chi connectivity index (χ2v) is 6.16. The van der Waals surface area contributed by atoms with Crippen molar-refractivity contribution in [3.8, 4) is 17.2 Å². The Morgan fingerprint density at radius 2 is 1.85 bits per heavy atom. The summed E-state index contributed by atoms with van der Waals surface area (Å²) in [6.45, 7) is 0. The molecule has 0 aliphatic carbocycles. The van der Waals surface area contributed by atoms with Crippen molar-refractivity contribution < 1.29 is 19.0 Å². The molecule has 0 spiro atoms. The summed E-state index contributed by atoms with van der Waals surface area (Å²) in [5.41, 5.74) is 6.11. The molecule has 2 N–H and O–H groups in total. The van der Waals surface area contributed by atoms with Crippen LogP contribution in [0.25, 0.3) is 16.3 Å². The van der Waals surface area contributed by atoms with E-state index in [0.29, 0.717) is 23.1 Å². The Morgan fingerprint density at radius 1 is 1.11 bits per heavy atom. The number of carbonyl (C=O) groups is 1. The van der Waals surface area contributed by atoms with Crippen LogP contribution in [0.3, 0.4) is 0 Å². The summed E-state index contributed by atoms with van der Waals surface area (Å²) in [6, 6.07) is 5.38. The Labute approximate surface area is 159 Å². The van der Waals surface area contributed by atoms with Gasteiger partial charge in [0.1, 0.15) is 11.2 Å². The highest BCUT2D eigenvalue weighted by Gasteiger charge is 2.12. The van der Waals surface area contributed by atoms with Crippen molar-refractivity contribution in [1.82, 2.24) is 15.4 Å². The van der Waals surface area contributed by atoms with Crippen LogP contribution in [-0.4, -0.2) is 37.2 Å². The van der Waals surface area contributed by atoms with Crippen molar-refractivity contribution in [3.05, 3.63) is 41.5 Å². The van der Waals surface area contributed by atoms with E-state index in [0.717, 1.165) is 15.8 Å². The molecule has 2 aromatic heterocycles. The summed E-state index contributed by atoms with van der Waals surface area (Å²) < 4.78 is 15.9. The lowest BCUT2D eigenvalue weighted by molar-refractivity contribution is -0.116. The van der Waals surface area contributed by atoms with Crippen molar-refractivity contribution in [3.63, 3.8) is 0 Å². The largest absolute Gasteiger partial charge is 0.493 e. The fourth-order valence-corrected chi connectivity index (χ4v) is 3.15. The second-order valence-electron chi connectivity index (χ2n) is 5.27. The Morgan fingerprint density at radius 3 is 2.52 bits per heavy atom. The zero-order valence-corrected chi connectivity index (χ0v) is 15.8. The van der Waals surface area contributed by atoms with Crippen molar-refractivity contribution in [2.24, 2.45) is 0 Å². The minimum Gasteiger partial charge on any atom is -0.493 e. The number of benzene rings is 1. The molecule has 140 valence electrons. The van der Waals surface area contributed by atoms with Crippen LogP contribution in [0, 0.1) is 0 Å². The van der Waals surface area contributed by atoms with Gasteiger partial charge in [0.15, 0.2) is 17.3 Å². The predicted octanol–water partition coefficient (Wildman–Crippen LogP) is 2.87. The maximum absolute atomic E-state index is 12.1. The minimum absolute atomic E-state index is 0.342. The molecule has 1 aromatic carbocycles. The van der Waals surface area contributed by atoms with E-state index in [2.05, 4.69) is 20.8 Å². The average Bonchev–Trinajstić information content (AvgIpc) is 3.19. The van der Waals surface area contributed by atoms with E-state index >= 15 is 0 Å². The van der Waals surface area contributed by atoms with Gasteiger partial charge in [0, 0.05) is 6.08 Å². The maximum atomic E-state index is 12.1. The van der Waals surface area contributed by atoms with Crippen molar-refractivity contribution in [2.45, 2.75) is 0 Å². The number of nitrogens with zero attached hydrogens (tertiary/aromatic N) is 2. The molecule has 3 aromatic rings. The van der Waals surface area contributed by atoms with Crippen LogP contribution in [0.1, 0.15) is 5.56 Å². The molecule has 0 fully saturated rings. The van der Waals surface area contributed by atoms with Crippen molar-refractivity contribution in [1.29, 1.82) is 0 Å². The highest BCUT2D eigenvalue weighted by molar-refractivity contribution is 7.16. The molecule has 27 heavy (non-hydrogen) atoms. The first-order valence-electron chi connectivity index (χ1n) is 7.88. The molecule has 8 nitrogen and oxygen atoms in total. The van der Waals surface area contributed by atoms with E-state index in [1.54, 1.807) is 18.2 Å². The van der Waals surface area contributed by atoms with E-state index in [-0.39, 0.29) is 5.91 Å². The number of nitrogens with one attached hydrogen (secondary N) is 2. The number of hydrogen-bond acceptors (Lipinski definition) is 8. The third-order valence-corrected chi connectivity index (χ3v) is 4.50. The van der Waals surface area contributed by atoms with Gasteiger partial charge in [0.25, 0.3) is 5.91 Å². The predicted molar refractivity (Wildman–Crippen MR) is 104 cm³/mol. The number of methoxy groups -OCH3 is 3. The average molecular weight is 386 g/mol. The Hall–Kier alpha value is -3.33. The summed E-state index contributed by atoms with van der Waals surface area (Å²) in [6.07, 6.45) is 4.47. The fourth-order valence-electron chi connectivity index (χ4n) is 2.42. The van der Waals surface area contributed by atoms with Gasteiger partial charge in [-0.2, -0.15) is 0 Å². The van der Waals surface area contributed by atoms with E-state index in [4.69, 9.17) is 14.2 Å². The molecule has 0 atom stereocenters. The zero-order chi connectivity index (χ0) is 19.2. The van der Waals surface area contributed by atoms with Crippen LogP contribution >= 0.6 is 11.3 Å². The smallest absolute Gasteiger partial charge is 0.262 e. The molecule has 1 amide bonds. The summed E-state index contributed by atoms with van der Waals surface area (Å²) in [7, 11) is 4.61. The fraction of sp³-hybridized carbons (Fsp3) is 0.167. The molecule has 0 radical (unpaired) electrons. The second kappa shape index (κ2) is 8.37. The molecule has 0 aliphatic heterocycles. The summed E-state index contributed by atoms with van der Waals surface area (Å²) in [5.74, 6) is 1.71. The maximum Gasteiger partial charge on any atom is 0.262 e. The summed E-state index contributed by atoms with van der Waals surface area (Å²) >= 11 is 1.50. The molecule has 0 saturated carbocycles. The zero-order valence-electron chi connectivity index (χ0n) is 15.0. The molecule has 0 bridgehead atoms. The Bertz CT molecular complexity index is 961. The van der Waals surface area contributed by atoms with Crippen LogP contribution in [0.4, 0.5) is 5.82 Å². The van der Waals surface area contributed by atoms with Crippen molar-refractivity contribution in [2.75, 3.05) is 26.8 Å². The molecule has 0 unspecified atom stereocenters.